The number of aliphatic imine (C=N–C) groups is 2. The third-order valence-corrected chi connectivity index (χ3v) is 3.96. The summed E-state index contributed by atoms with van der Waals surface area (Å²) in [6.45, 7) is -0.397. The predicted molar refractivity (Wildman–Crippen MR) is 77.8 cm³/mol. The summed E-state index contributed by atoms with van der Waals surface area (Å²) in [6.07, 6.45) is 1.92. The number of ether oxygens (including phenoxy) is 1. The average molecular weight is 318 g/mol. The molecule has 0 aromatic carbocycles. The van der Waals surface area contributed by atoms with E-state index in [1.165, 1.54) is 6.33 Å². The van der Waals surface area contributed by atoms with E-state index in [4.69, 9.17) is 15.6 Å². The number of carbonyl (C=O) groups excluding carboxylic acids is 1. The van der Waals surface area contributed by atoms with Gasteiger partial charge in [0.15, 0.2) is 24.0 Å². The van der Waals surface area contributed by atoms with Gasteiger partial charge < -0.3 is 20.3 Å². The Labute approximate surface area is 130 Å². The normalized spacial score (nSPS) is 28.9. The van der Waals surface area contributed by atoms with Crippen molar-refractivity contribution in [1.29, 1.82) is 0 Å². The van der Waals surface area contributed by atoms with E-state index in [2.05, 4.69) is 20.3 Å². The van der Waals surface area contributed by atoms with Crippen molar-refractivity contribution in [2.75, 3.05) is 6.61 Å². The van der Waals surface area contributed by atoms with Crippen molar-refractivity contribution in [2.45, 2.75) is 24.9 Å². The van der Waals surface area contributed by atoms with Gasteiger partial charge in [-0.15, -0.1) is 0 Å². The lowest BCUT2D eigenvalue weighted by atomic mass is 9.98. The number of rotatable bonds is 2. The van der Waals surface area contributed by atoms with Gasteiger partial charge >= 0.3 is 0 Å². The first-order valence-electron chi connectivity index (χ1n) is 7.01. The summed E-state index contributed by atoms with van der Waals surface area (Å²) < 4.78 is 7.18. The summed E-state index contributed by atoms with van der Waals surface area (Å²) in [6, 6.07) is 0. The Kier molecular flexibility index (Phi) is 2.96. The van der Waals surface area contributed by atoms with Crippen LogP contribution >= 0.6 is 0 Å². The van der Waals surface area contributed by atoms with Crippen molar-refractivity contribution in [1.82, 2.24) is 14.9 Å². The highest BCUT2D eigenvalue weighted by atomic mass is 16.5. The average Bonchev–Trinajstić information content (AvgIpc) is 3.11. The Balaban J connectivity index is 1.75. The molecule has 3 aliphatic rings. The van der Waals surface area contributed by atoms with Crippen molar-refractivity contribution in [3.8, 4) is 0 Å². The van der Waals surface area contributed by atoms with Crippen LogP contribution in [0.25, 0.3) is 0 Å². The lowest BCUT2D eigenvalue weighted by molar-refractivity contribution is 0.0609. The van der Waals surface area contributed by atoms with Crippen molar-refractivity contribution < 1.29 is 19.7 Å². The van der Waals surface area contributed by atoms with Gasteiger partial charge in [0.05, 0.1) is 24.4 Å². The van der Waals surface area contributed by atoms with E-state index in [9.17, 15) is 9.90 Å². The minimum absolute atomic E-state index is 0.0200. The Bertz CT molecular complexity index is 779. The van der Waals surface area contributed by atoms with E-state index in [0.29, 0.717) is 11.5 Å². The smallest absolute Gasteiger partial charge is 0.277 e. The van der Waals surface area contributed by atoms with E-state index in [1.54, 1.807) is 10.8 Å². The van der Waals surface area contributed by atoms with E-state index in [-0.39, 0.29) is 29.5 Å². The fourth-order valence-corrected chi connectivity index (χ4v) is 2.91. The molecule has 4 heterocycles. The molecule has 10 nitrogen and oxygen atoms in total. The predicted octanol–water partition coefficient (Wildman–Crippen LogP) is -0.884. The molecular weight excluding hydrogens is 304 g/mol. The molecule has 0 spiro atoms. The second kappa shape index (κ2) is 4.89. The van der Waals surface area contributed by atoms with Gasteiger partial charge in [-0.25, -0.2) is 9.98 Å². The van der Waals surface area contributed by atoms with Crippen LogP contribution in [0, 0.1) is 0 Å². The summed E-state index contributed by atoms with van der Waals surface area (Å²) in [5.74, 6) is -0.272. The van der Waals surface area contributed by atoms with Gasteiger partial charge in [-0.05, 0) is 0 Å². The lowest BCUT2D eigenvalue weighted by Gasteiger charge is -2.28. The van der Waals surface area contributed by atoms with Crippen LogP contribution in [0.3, 0.4) is 0 Å². The van der Waals surface area contributed by atoms with E-state index >= 15 is 0 Å². The third kappa shape index (κ3) is 2.03. The number of fused-ring (bicyclic) bond motifs is 3. The molecule has 0 fully saturated rings. The minimum Gasteiger partial charge on any atom is -0.508 e. The maximum atomic E-state index is 12.2. The first-order valence-corrected chi connectivity index (χ1v) is 7.01. The van der Waals surface area contributed by atoms with Crippen LogP contribution in [-0.2, 0) is 4.74 Å². The summed E-state index contributed by atoms with van der Waals surface area (Å²) in [4.78, 5) is 24.5. The molecule has 1 aromatic rings. The van der Waals surface area contributed by atoms with Crippen molar-refractivity contribution >= 4 is 18.0 Å². The summed E-state index contributed by atoms with van der Waals surface area (Å²) >= 11 is 0. The van der Waals surface area contributed by atoms with Crippen molar-refractivity contribution in [2.24, 2.45) is 15.7 Å². The maximum absolute atomic E-state index is 12.2. The van der Waals surface area contributed by atoms with Crippen LogP contribution in [0.4, 0.5) is 0 Å². The summed E-state index contributed by atoms with van der Waals surface area (Å²) in [7, 11) is 0. The van der Waals surface area contributed by atoms with Crippen LogP contribution < -0.4 is 11.1 Å². The second-order valence-corrected chi connectivity index (χ2v) is 5.35. The number of imidazole rings is 1. The number of amides is 1. The summed E-state index contributed by atoms with van der Waals surface area (Å²) in [5.41, 5.74) is 6.46. The Morgan fingerprint density at radius 1 is 1.52 bits per heavy atom. The number of nitrogens with two attached hydrogens (primary N) is 1. The largest absolute Gasteiger partial charge is 0.508 e. The molecule has 4 rings (SSSR count). The maximum Gasteiger partial charge on any atom is 0.277 e. The Morgan fingerprint density at radius 3 is 3.09 bits per heavy atom. The number of nitrogens with one attached hydrogen (secondary N) is 1. The van der Waals surface area contributed by atoms with Crippen LogP contribution in [0.15, 0.2) is 27.8 Å². The molecule has 3 aliphatic heterocycles. The number of amidine groups is 1. The van der Waals surface area contributed by atoms with Crippen LogP contribution in [0.5, 0.6) is 0 Å². The molecule has 120 valence electrons. The highest BCUT2D eigenvalue weighted by Gasteiger charge is 2.39. The number of aliphatic hydroxyl groups is 2. The number of aromatic nitrogens is 2. The molecule has 0 radical (unpaired) electrons. The lowest BCUT2D eigenvalue weighted by Crippen LogP contribution is -2.45. The van der Waals surface area contributed by atoms with Gasteiger partial charge in [0.25, 0.3) is 5.91 Å². The van der Waals surface area contributed by atoms with E-state index in [1.807, 2.05) is 0 Å². The molecule has 23 heavy (non-hydrogen) atoms. The topological polar surface area (TPSA) is 147 Å². The molecule has 10 heteroatoms. The zero-order chi connectivity index (χ0) is 16.1. The van der Waals surface area contributed by atoms with Gasteiger partial charge in [0.2, 0.25) is 0 Å². The fraction of sp³-hybridized carbons (Fsp3) is 0.385. The molecule has 5 N–H and O–H groups in total. The molecule has 0 saturated carbocycles. The van der Waals surface area contributed by atoms with Crippen LogP contribution in [0.2, 0.25) is 0 Å². The first-order chi connectivity index (χ1) is 11.1. The van der Waals surface area contributed by atoms with Crippen LogP contribution in [0.1, 0.15) is 34.7 Å². The number of carbonyl (C=O) groups is 1. The zero-order valence-corrected chi connectivity index (χ0v) is 11.9. The molecule has 3 atom stereocenters. The molecule has 0 aliphatic carbocycles. The molecule has 1 amide bonds. The van der Waals surface area contributed by atoms with Crippen molar-refractivity contribution in [3.63, 3.8) is 0 Å². The molecule has 2 unspecified atom stereocenters. The van der Waals surface area contributed by atoms with Gasteiger partial charge in [-0.2, -0.15) is 0 Å². The first kappa shape index (κ1) is 13.9. The molecular formula is C13H14N6O4. The highest BCUT2D eigenvalue weighted by Crippen LogP contribution is 2.35. The zero-order valence-electron chi connectivity index (χ0n) is 11.9. The quantitative estimate of drug-likeness (QED) is 0.556. The second-order valence-electron chi connectivity index (χ2n) is 5.35. The Hall–Kier alpha value is -2.72. The molecule has 1 aromatic heterocycles. The molecule has 0 saturated heterocycles. The van der Waals surface area contributed by atoms with Crippen molar-refractivity contribution in [3.05, 3.63) is 29.2 Å². The Morgan fingerprint density at radius 2 is 2.35 bits per heavy atom. The van der Waals surface area contributed by atoms with Gasteiger partial charge in [-0.1, -0.05) is 0 Å². The fourth-order valence-electron chi connectivity index (χ4n) is 2.91. The minimum atomic E-state index is -0.742. The summed E-state index contributed by atoms with van der Waals surface area (Å²) in [5, 5.41) is 21.6. The number of nitrogens with zero attached hydrogens (tertiary/aromatic N) is 4. The number of hydrogen-bond donors (Lipinski definition) is 4. The van der Waals surface area contributed by atoms with Gasteiger partial charge in [0, 0.05) is 6.21 Å². The monoisotopic (exact) mass is 318 g/mol. The van der Waals surface area contributed by atoms with E-state index < -0.39 is 25.0 Å². The van der Waals surface area contributed by atoms with Gasteiger partial charge in [-0.3, -0.25) is 20.1 Å². The van der Waals surface area contributed by atoms with Gasteiger partial charge in [0.1, 0.15) is 18.2 Å². The third-order valence-electron chi connectivity index (χ3n) is 3.96. The number of hydrogen-bond acceptors (Lipinski definition) is 8. The SMILES string of the molecule is NC1N=CC2C(=N1)NC(=O)c1ncn([C@H]3CC(O)=C(CO)O3)c12. The van der Waals surface area contributed by atoms with E-state index in [0.717, 1.165) is 0 Å². The van der Waals surface area contributed by atoms with Crippen LogP contribution in [-0.4, -0.2) is 50.6 Å². The molecule has 0 bridgehead atoms. The standard InChI is InChI=1S/C13H14N6O4/c14-13-15-2-5-10-9(12(22)17-11(5)18-13)16-4-19(10)8-1-6(21)7(3-20)23-8/h2,4-5,8,13,20-21H,1,3,14H2,(H,17,18,22)/t5?,8-,13?/m1/s1. The number of aliphatic hydroxyl groups excluding tert-OH is 2. The highest BCUT2D eigenvalue weighted by molar-refractivity contribution is 6.18.